The average molecular weight is 363 g/mol. The van der Waals surface area contributed by atoms with Crippen LogP contribution in [0.5, 0.6) is 11.5 Å². The maximum Gasteiger partial charge on any atom is 0.271 e. The number of rotatable bonds is 6. The number of carbonyl (C=O) groups excluding carboxylic acids is 2. The van der Waals surface area contributed by atoms with Crippen LogP contribution in [0.4, 0.5) is 0 Å². The standard InChI is InChI=1S/C20H17N3O4/c21-12-17(24)7-3-14-1-5-16(6-2-14)20(25)23-22-13-15-4-8-18-19(11-15)27-10-9-26-18/h1-8,11-13,21H,9-10H2,(H,23,25). The van der Waals surface area contributed by atoms with Crippen LogP contribution in [-0.2, 0) is 4.79 Å². The molecule has 1 amide bonds. The van der Waals surface area contributed by atoms with Gasteiger partial charge in [-0.15, -0.1) is 0 Å². The predicted molar refractivity (Wildman–Crippen MR) is 102 cm³/mol. The van der Waals surface area contributed by atoms with E-state index in [2.05, 4.69) is 10.5 Å². The molecule has 2 N–H and O–H groups in total. The van der Waals surface area contributed by atoms with Gasteiger partial charge >= 0.3 is 0 Å². The second-order valence-electron chi connectivity index (χ2n) is 5.60. The van der Waals surface area contributed by atoms with Crippen molar-refractivity contribution in [1.82, 2.24) is 5.43 Å². The highest BCUT2D eigenvalue weighted by molar-refractivity contribution is 6.32. The Morgan fingerprint density at radius 1 is 1.00 bits per heavy atom. The predicted octanol–water partition coefficient (Wildman–Crippen LogP) is 2.45. The van der Waals surface area contributed by atoms with Gasteiger partial charge in [-0.1, -0.05) is 18.2 Å². The van der Waals surface area contributed by atoms with Gasteiger partial charge in [0.25, 0.3) is 5.91 Å². The molecule has 1 aliphatic rings. The molecule has 2 aromatic rings. The highest BCUT2D eigenvalue weighted by Crippen LogP contribution is 2.30. The first kappa shape index (κ1) is 18.1. The zero-order valence-electron chi connectivity index (χ0n) is 14.3. The van der Waals surface area contributed by atoms with Gasteiger partial charge < -0.3 is 14.9 Å². The molecule has 27 heavy (non-hydrogen) atoms. The molecule has 1 heterocycles. The molecule has 3 rings (SSSR count). The van der Waals surface area contributed by atoms with Crippen LogP contribution >= 0.6 is 0 Å². The Morgan fingerprint density at radius 2 is 1.70 bits per heavy atom. The van der Waals surface area contributed by atoms with Crippen LogP contribution in [0.25, 0.3) is 6.08 Å². The molecule has 2 aromatic carbocycles. The molecule has 0 radical (unpaired) electrons. The van der Waals surface area contributed by atoms with E-state index in [1.807, 2.05) is 6.07 Å². The fourth-order valence-electron chi connectivity index (χ4n) is 2.34. The lowest BCUT2D eigenvalue weighted by molar-refractivity contribution is -0.108. The fraction of sp³-hybridized carbons (Fsp3) is 0.100. The maximum atomic E-state index is 12.1. The number of ether oxygens (including phenoxy) is 2. The van der Waals surface area contributed by atoms with E-state index < -0.39 is 5.78 Å². The fourth-order valence-corrected chi connectivity index (χ4v) is 2.34. The lowest BCUT2D eigenvalue weighted by Crippen LogP contribution is -2.17. The second kappa shape index (κ2) is 8.57. The number of nitrogens with one attached hydrogen (secondary N) is 2. The molecular weight excluding hydrogens is 346 g/mol. The third-order valence-corrected chi connectivity index (χ3v) is 3.70. The van der Waals surface area contributed by atoms with Gasteiger partial charge in [0.1, 0.15) is 13.2 Å². The van der Waals surface area contributed by atoms with E-state index >= 15 is 0 Å². The molecular formula is C20H17N3O4. The zero-order chi connectivity index (χ0) is 19.1. The molecule has 1 aliphatic heterocycles. The molecule has 7 heteroatoms. The van der Waals surface area contributed by atoms with Crippen molar-refractivity contribution in [2.24, 2.45) is 5.10 Å². The van der Waals surface area contributed by atoms with Gasteiger partial charge in [0, 0.05) is 5.56 Å². The van der Waals surface area contributed by atoms with Crippen molar-refractivity contribution in [3.05, 3.63) is 65.2 Å². The number of carbonyl (C=O) groups is 2. The molecule has 0 aliphatic carbocycles. The molecule has 0 saturated carbocycles. The summed E-state index contributed by atoms with van der Waals surface area (Å²) in [6.07, 6.45) is 5.13. The van der Waals surface area contributed by atoms with Crippen LogP contribution in [0.15, 0.2) is 53.6 Å². The molecule has 0 fully saturated rings. The summed E-state index contributed by atoms with van der Waals surface area (Å²) in [5, 5.41) is 10.8. The van der Waals surface area contributed by atoms with E-state index in [4.69, 9.17) is 14.9 Å². The van der Waals surface area contributed by atoms with Gasteiger partial charge in [-0.2, -0.15) is 5.10 Å². The molecule has 0 unspecified atom stereocenters. The van der Waals surface area contributed by atoms with Gasteiger partial charge in [0.15, 0.2) is 17.3 Å². The Morgan fingerprint density at radius 3 is 2.44 bits per heavy atom. The number of hydrogen-bond acceptors (Lipinski definition) is 6. The third-order valence-electron chi connectivity index (χ3n) is 3.70. The van der Waals surface area contributed by atoms with E-state index in [9.17, 15) is 9.59 Å². The van der Waals surface area contributed by atoms with Gasteiger partial charge in [-0.05, 0) is 47.5 Å². The van der Waals surface area contributed by atoms with Crippen LogP contribution in [-0.4, -0.2) is 37.3 Å². The average Bonchev–Trinajstić information content (AvgIpc) is 2.72. The van der Waals surface area contributed by atoms with Gasteiger partial charge in [0.2, 0.25) is 0 Å². The summed E-state index contributed by atoms with van der Waals surface area (Å²) in [4.78, 5) is 23.2. The largest absolute Gasteiger partial charge is 0.486 e. The highest BCUT2D eigenvalue weighted by Gasteiger charge is 2.11. The normalized spacial score (nSPS) is 12.9. The van der Waals surface area contributed by atoms with Gasteiger partial charge in [0.05, 0.1) is 12.4 Å². The first-order valence-corrected chi connectivity index (χ1v) is 8.21. The summed E-state index contributed by atoms with van der Waals surface area (Å²) >= 11 is 0. The minimum atomic E-state index is -0.398. The van der Waals surface area contributed by atoms with E-state index in [0.29, 0.717) is 30.3 Å². The topological polar surface area (TPSA) is 101 Å². The SMILES string of the molecule is N=CC(=O)C=Cc1ccc(C(=O)NN=Cc2ccc3c(c2)OCCO3)cc1. The number of hydrazone groups is 1. The Bertz CT molecular complexity index is 917. The molecule has 0 saturated heterocycles. The quantitative estimate of drug-likeness (QED) is 0.468. The van der Waals surface area contributed by atoms with Crippen LogP contribution in [0.2, 0.25) is 0 Å². The summed E-state index contributed by atoms with van der Waals surface area (Å²) in [6.45, 7) is 1.04. The number of allylic oxidation sites excluding steroid dienone is 1. The van der Waals surface area contributed by atoms with E-state index in [1.165, 1.54) is 12.3 Å². The number of amides is 1. The number of ketones is 1. The van der Waals surface area contributed by atoms with Gasteiger partial charge in [-0.25, -0.2) is 5.43 Å². The molecule has 0 aromatic heterocycles. The molecule has 136 valence electrons. The van der Waals surface area contributed by atoms with Crippen molar-refractivity contribution in [2.75, 3.05) is 13.2 Å². The van der Waals surface area contributed by atoms with Crippen molar-refractivity contribution in [3.8, 4) is 11.5 Å². The minimum Gasteiger partial charge on any atom is -0.486 e. The Hall–Kier alpha value is -3.74. The highest BCUT2D eigenvalue weighted by atomic mass is 16.6. The van der Waals surface area contributed by atoms with Crippen molar-refractivity contribution in [2.45, 2.75) is 0 Å². The third kappa shape index (κ3) is 4.88. The molecule has 7 nitrogen and oxygen atoms in total. The zero-order valence-corrected chi connectivity index (χ0v) is 14.3. The number of benzene rings is 2. The Balaban J connectivity index is 1.59. The van der Waals surface area contributed by atoms with E-state index in [1.54, 1.807) is 42.5 Å². The minimum absolute atomic E-state index is 0.352. The number of nitrogens with zero attached hydrogens (tertiary/aromatic N) is 1. The summed E-state index contributed by atoms with van der Waals surface area (Å²) in [5.41, 5.74) is 4.42. The number of hydrogen-bond donors (Lipinski definition) is 2. The van der Waals surface area contributed by atoms with E-state index in [0.717, 1.165) is 17.3 Å². The van der Waals surface area contributed by atoms with Crippen LogP contribution in [0, 0.1) is 5.41 Å². The summed E-state index contributed by atoms with van der Waals surface area (Å²) < 4.78 is 11.0. The maximum absolute atomic E-state index is 12.1. The van der Waals surface area contributed by atoms with Crippen LogP contribution < -0.4 is 14.9 Å². The van der Waals surface area contributed by atoms with Crippen LogP contribution in [0.3, 0.4) is 0 Å². The van der Waals surface area contributed by atoms with Crippen molar-refractivity contribution >= 4 is 30.2 Å². The lowest BCUT2D eigenvalue weighted by Gasteiger charge is -2.18. The summed E-state index contributed by atoms with van der Waals surface area (Å²) in [6, 6.07) is 12.1. The molecule has 0 bridgehead atoms. The molecule has 0 atom stereocenters. The van der Waals surface area contributed by atoms with Crippen molar-refractivity contribution in [3.63, 3.8) is 0 Å². The Labute approximate surface area is 155 Å². The first-order chi connectivity index (χ1) is 13.2. The lowest BCUT2D eigenvalue weighted by atomic mass is 10.1. The summed E-state index contributed by atoms with van der Waals surface area (Å²) in [7, 11) is 0. The monoisotopic (exact) mass is 363 g/mol. The van der Waals surface area contributed by atoms with Crippen LogP contribution in [0.1, 0.15) is 21.5 Å². The first-order valence-electron chi connectivity index (χ1n) is 8.21. The van der Waals surface area contributed by atoms with E-state index in [-0.39, 0.29) is 5.91 Å². The summed E-state index contributed by atoms with van der Waals surface area (Å²) in [5.74, 6) is 0.598. The smallest absolute Gasteiger partial charge is 0.271 e. The van der Waals surface area contributed by atoms with Gasteiger partial charge in [-0.3, -0.25) is 9.59 Å². The molecule has 0 spiro atoms. The second-order valence-corrected chi connectivity index (χ2v) is 5.60. The van der Waals surface area contributed by atoms with Crippen molar-refractivity contribution < 1.29 is 19.1 Å². The Kier molecular flexibility index (Phi) is 5.73. The van der Waals surface area contributed by atoms with Crippen molar-refractivity contribution in [1.29, 1.82) is 5.41 Å². The number of fused-ring (bicyclic) bond motifs is 1.